The van der Waals surface area contributed by atoms with E-state index < -0.39 is 26.9 Å². The molecule has 29 heavy (non-hydrogen) atoms. The summed E-state index contributed by atoms with van der Waals surface area (Å²) in [6, 6.07) is 9.89. The van der Waals surface area contributed by atoms with Gasteiger partial charge in [0, 0.05) is 24.7 Å². The van der Waals surface area contributed by atoms with Crippen LogP contribution in [0.3, 0.4) is 0 Å². The van der Waals surface area contributed by atoms with Crippen molar-refractivity contribution in [2.45, 2.75) is 30.7 Å². The van der Waals surface area contributed by atoms with E-state index in [-0.39, 0.29) is 16.1 Å². The van der Waals surface area contributed by atoms with E-state index in [1.807, 2.05) is 4.90 Å². The first-order chi connectivity index (χ1) is 13.7. The molecule has 0 radical (unpaired) electrons. The van der Waals surface area contributed by atoms with Crippen LogP contribution >= 0.6 is 0 Å². The monoisotopic (exact) mass is 418 g/mol. The van der Waals surface area contributed by atoms with E-state index in [0.29, 0.717) is 11.3 Å². The molecule has 1 amide bonds. The van der Waals surface area contributed by atoms with Gasteiger partial charge in [-0.05, 0) is 49.6 Å². The number of hydrogen-bond donors (Lipinski definition) is 2. The lowest BCUT2D eigenvalue weighted by Gasteiger charge is -2.18. The van der Waals surface area contributed by atoms with Gasteiger partial charge in [-0.2, -0.15) is 0 Å². The molecule has 0 spiro atoms. The summed E-state index contributed by atoms with van der Waals surface area (Å²) in [7, 11) is -3.79. The minimum absolute atomic E-state index is 0.0205. The van der Waals surface area contributed by atoms with Crippen molar-refractivity contribution in [2.24, 2.45) is 5.14 Å². The molecule has 3 rings (SSSR count). The number of rotatable bonds is 6. The number of sulfonamides is 1. The van der Waals surface area contributed by atoms with E-state index in [1.54, 1.807) is 31.2 Å². The summed E-state index contributed by atoms with van der Waals surface area (Å²) in [5.74, 6) is -0.455. The molecule has 1 heterocycles. The van der Waals surface area contributed by atoms with Gasteiger partial charge in [0.15, 0.2) is 0 Å². The Morgan fingerprint density at radius 2 is 1.79 bits per heavy atom. The van der Waals surface area contributed by atoms with Crippen molar-refractivity contribution < 1.29 is 18.1 Å². The van der Waals surface area contributed by atoms with Crippen LogP contribution in [0.5, 0.6) is 0 Å². The minimum atomic E-state index is -3.79. The van der Waals surface area contributed by atoms with Gasteiger partial charge in [-0.3, -0.25) is 14.9 Å². The van der Waals surface area contributed by atoms with Crippen molar-refractivity contribution in [1.82, 2.24) is 5.32 Å². The van der Waals surface area contributed by atoms with Crippen LogP contribution in [-0.4, -0.2) is 32.3 Å². The van der Waals surface area contributed by atoms with E-state index in [0.717, 1.165) is 25.9 Å². The third-order valence-corrected chi connectivity index (χ3v) is 5.87. The smallest absolute Gasteiger partial charge is 0.293 e. The fourth-order valence-corrected chi connectivity index (χ4v) is 3.86. The topological polar surface area (TPSA) is 136 Å². The van der Waals surface area contributed by atoms with Crippen LogP contribution in [0, 0.1) is 10.1 Å². The minimum Gasteiger partial charge on any atom is -0.366 e. The highest BCUT2D eigenvalue weighted by atomic mass is 32.2. The molecule has 10 heteroatoms. The number of nitrogens with zero attached hydrogens (tertiary/aromatic N) is 2. The number of nitrogens with two attached hydrogens (primary N) is 1. The van der Waals surface area contributed by atoms with E-state index in [4.69, 9.17) is 5.14 Å². The van der Waals surface area contributed by atoms with E-state index >= 15 is 0 Å². The lowest BCUT2D eigenvalue weighted by molar-refractivity contribution is -0.384. The second kappa shape index (κ2) is 8.18. The number of hydrogen-bond acceptors (Lipinski definition) is 6. The molecule has 154 valence electrons. The van der Waals surface area contributed by atoms with Gasteiger partial charge in [0.05, 0.1) is 15.9 Å². The first-order valence-corrected chi connectivity index (χ1v) is 10.7. The predicted octanol–water partition coefficient (Wildman–Crippen LogP) is 2.33. The van der Waals surface area contributed by atoms with Crippen LogP contribution in [0.25, 0.3) is 0 Å². The number of nitro groups is 1. The van der Waals surface area contributed by atoms with Crippen LogP contribution in [0.2, 0.25) is 0 Å². The molecule has 2 aromatic carbocycles. The highest BCUT2D eigenvalue weighted by Crippen LogP contribution is 2.31. The number of anilines is 1. The summed E-state index contributed by atoms with van der Waals surface area (Å²) >= 11 is 0. The predicted molar refractivity (Wildman–Crippen MR) is 108 cm³/mol. The quantitative estimate of drug-likeness (QED) is 0.546. The zero-order valence-corrected chi connectivity index (χ0v) is 16.7. The maximum Gasteiger partial charge on any atom is 0.293 e. The normalized spacial score (nSPS) is 15.2. The zero-order valence-electron chi connectivity index (χ0n) is 15.9. The molecule has 1 fully saturated rings. The van der Waals surface area contributed by atoms with Crippen molar-refractivity contribution >= 4 is 27.3 Å². The van der Waals surface area contributed by atoms with Crippen molar-refractivity contribution in [2.75, 3.05) is 18.0 Å². The number of amides is 1. The molecule has 1 atom stereocenters. The first kappa shape index (κ1) is 20.7. The van der Waals surface area contributed by atoms with Crippen LogP contribution in [0.4, 0.5) is 11.4 Å². The number of carbonyl (C=O) groups excluding carboxylic acids is 1. The number of carbonyl (C=O) groups is 1. The standard InChI is InChI=1S/C19H22N4O5S/c1-13(14-4-7-16(8-5-14)29(20,27)28)21-19(24)15-6-9-17(18(12-15)23(25)26)22-10-2-3-11-22/h4-9,12-13H,2-3,10-11H2,1H3,(H,21,24)(H2,20,27,28)/t13-/m0/s1. The summed E-state index contributed by atoms with van der Waals surface area (Å²) in [6.45, 7) is 3.26. The van der Waals surface area contributed by atoms with Crippen LogP contribution in [-0.2, 0) is 10.0 Å². The van der Waals surface area contributed by atoms with E-state index in [9.17, 15) is 23.3 Å². The second-order valence-electron chi connectivity index (χ2n) is 6.96. The van der Waals surface area contributed by atoms with Gasteiger partial charge >= 0.3 is 0 Å². The average Bonchev–Trinajstić information content (AvgIpc) is 3.21. The molecule has 0 aliphatic carbocycles. The van der Waals surface area contributed by atoms with Gasteiger partial charge in [-0.15, -0.1) is 0 Å². The van der Waals surface area contributed by atoms with E-state index in [2.05, 4.69) is 5.32 Å². The summed E-state index contributed by atoms with van der Waals surface area (Å²) in [5, 5.41) is 19.3. The number of nitro benzene ring substituents is 1. The van der Waals surface area contributed by atoms with Gasteiger partial charge in [-0.25, -0.2) is 13.6 Å². The molecular weight excluding hydrogens is 396 g/mol. The third kappa shape index (κ3) is 4.72. The Morgan fingerprint density at radius 1 is 1.17 bits per heavy atom. The lowest BCUT2D eigenvalue weighted by Crippen LogP contribution is -2.27. The Balaban J connectivity index is 1.77. The highest BCUT2D eigenvalue weighted by Gasteiger charge is 2.24. The SMILES string of the molecule is C[C@H](NC(=O)c1ccc(N2CCCC2)c([N+](=O)[O-])c1)c1ccc(S(N)(=O)=O)cc1. The van der Waals surface area contributed by atoms with Gasteiger partial charge in [0.2, 0.25) is 10.0 Å². The molecule has 9 nitrogen and oxygen atoms in total. The Labute approximate surface area is 168 Å². The maximum absolute atomic E-state index is 12.6. The summed E-state index contributed by atoms with van der Waals surface area (Å²) in [5.41, 5.74) is 1.29. The Bertz CT molecular complexity index is 1030. The molecule has 2 aromatic rings. The molecule has 0 bridgehead atoms. The van der Waals surface area contributed by atoms with Crippen molar-refractivity contribution in [3.63, 3.8) is 0 Å². The maximum atomic E-state index is 12.6. The third-order valence-electron chi connectivity index (χ3n) is 4.94. The number of primary sulfonamides is 1. The van der Waals surface area contributed by atoms with E-state index in [1.165, 1.54) is 18.2 Å². The van der Waals surface area contributed by atoms with Gasteiger partial charge in [0.25, 0.3) is 11.6 Å². The fraction of sp³-hybridized carbons (Fsp3) is 0.316. The molecular formula is C19H22N4O5S. The first-order valence-electron chi connectivity index (χ1n) is 9.14. The van der Waals surface area contributed by atoms with Crippen molar-refractivity contribution in [3.8, 4) is 0 Å². The Morgan fingerprint density at radius 3 is 2.34 bits per heavy atom. The Kier molecular flexibility index (Phi) is 5.85. The van der Waals surface area contributed by atoms with Gasteiger partial charge in [-0.1, -0.05) is 12.1 Å². The molecule has 1 aliphatic rings. The fourth-order valence-electron chi connectivity index (χ4n) is 3.35. The zero-order chi connectivity index (χ0) is 21.2. The highest BCUT2D eigenvalue weighted by molar-refractivity contribution is 7.89. The molecule has 1 aliphatic heterocycles. The van der Waals surface area contributed by atoms with Crippen molar-refractivity contribution in [1.29, 1.82) is 0 Å². The number of nitrogens with one attached hydrogen (secondary N) is 1. The summed E-state index contributed by atoms with van der Waals surface area (Å²) < 4.78 is 22.7. The van der Waals surface area contributed by atoms with Crippen LogP contribution in [0.1, 0.15) is 41.7 Å². The van der Waals surface area contributed by atoms with Crippen molar-refractivity contribution in [3.05, 3.63) is 63.7 Å². The average molecular weight is 418 g/mol. The Hall–Kier alpha value is -2.98. The molecule has 0 unspecified atom stereocenters. The second-order valence-corrected chi connectivity index (χ2v) is 8.53. The number of benzene rings is 2. The molecule has 3 N–H and O–H groups in total. The van der Waals surface area contributed by atoms with Gasteiger partial charge < -0.3 is 10.2 Å². The summed E-state index contributed by atoms with van der Waals surface area (Å²) in [6.07, 6.45) is 1.97. The van der Waals surface area contributed by atoms with Gasteiger partial charge in [0.1, 0.15) is 5.69 Å². The molecule has 0 aromatic heterocycles. The van der Waals surface area contributed by atoms with Crippen LogP contribution < -0.4 is 15.4 Å². The molecule has 0 saturated carbocycles. The van der Waals surface area contributed by atoms with Crippen LogP contribution in [0.15, 0.2) is 47.4 Å². The molecule has 1 saturated heterocycles. The summed E-state index contributed by atoms with van der Waals surface area (Å²) in [4.78, 5) is 25.6. The lowest BCUT2D eigenvalue weighted by atomic mass is 10.1. The largest absolute Gasteiger partial charge is 0.366 e.